The number of rotatable bonds is 3. The Bertz CT molecular complexity index is 482. The Hall–Kier alpha value is -1.83. The fraction of sp³-hybridized carbons (Fsp3) is 0.312. The lowest BCUT2D eigenvalue weighted by Gasteiger charge is -2.08. The van der Waals surface area contributed by atoms with Gasteiger partial charge in [-0.3, -0.25) is 4.79 Å². The van der Waals surface area contributed by atoms with E-state index in [0.717, 1.165) is 5.56 Å². The topological polar surface area (TPSA) is 26.3 Å². The van der Waals surface area contributed by atoms with Gasteiger partial charge in [0.25, 0.3) is 0 Å². The third-order valence-electron chi connectivity index (χ3n) is 2.40. The standard InChI is InChI=1S/C16H20O2/c1-11(2)10-16(12(3)4)14-6-8-15(9-7-14)18-13(5)17/h6-10H,1-5H3. The summed E-state index contributed by atoms with van der Waals surface area (Å²) in [6, 6.07) is 7.58. The van der Waals surface area contributed by atoms with Crippen molar-refractivity contribution < 1.29 is 9.53 Å². The maximum absolute atomic E-state index is 10.8. The van der Waals surface area contributed by atoms with Gasteiger partial charge in [0.2, 0.25) is 0 Å². The Labute approximate surface area is 109 Å². The van der Waals surface area contributed by atoms with Crippen molar-refractivity contribution in [2.24, 2.45) is 0 Å². The van der Waals surface area contributed by atoms with Crippen molar-refractivity contribution >= 4 is 11.5 Å². The molecule has 0 fully saturated rings. The highest BCUT2D eigenvalue weighted by Gasteiger charge is 2.03. The molecule has 1 aromatic carbocycles. The number of allylic oxidation sites excluding steroid dienone is 4. The van der Waals surface area contributed by atoms with Crippen LogP contribution in [0.2, 0.25) is 0 Å². The van der Waals surface area contributed by atoms with Gasteiger partial charge in [-0.05, 0) is 51.0 Å². The predicted octanol–water partition coefficient (Wildman–Crippen LogP) is 4.37. The molecule has 0 amide bonds. The molecule has 0 radical (unpaired) electrons. The van der Waals surface area contributed by atoms with Gasteiger partial charge in [0.05, 0.1) is 0 Å². The van der Waals surface area contributed by atoms with Crippen molar-refractivity contribution in [1.29, 1.82) is 0 Å². The molecule has 0 aliphatic heterocycles. The molecule has 0 bridgehead atoms. The summed E-state index contributed by atoms with van der Waals surface area (Å²) in [4.78, 5) is 10.8. The van der Waals surface area contributed by atoms with Crippen LogP contribution in [-0.2, 0) is 4.79 Å². The zero-order valence-electron chi connectivity index (χ0n) is 11.7. The zero-order chi connectivity index (χ0) is 13.7. The molecule has 0 aromatic heterocycles. The number of carbonyl (C=O) groups is 1. The van der Waals surface area contributed by atoms with Gasteiger partial charge in [-0.15, -0.1) is 0 Å². The van der Waals surface area contributed by atoms with Gasteiger partial charge >= 0.3 is 5.97 Å². The molecule has 0 saturated heterocycles. The van der Waals surface area contributed by atoms with Gasteiger partial charge in [0, 0.05) is 6.92 Å². The van der Waals surface area contributed by atoms with Crippen LogP contribution >= 0.6 is 0 Å². The molecule has 96 valence electrons. The van der Waals surface area contributed by atoms with Gasteiger partial charge in [-0.2, -0.15) is 0 Å². The Morgan fingerprint density at radius 2 is 1.56 bits per heavy atom. The highest BCUT2D eigenvalue weighted by atomic mass is 16.5. The molecule has 0 saturated carbocycles. The van der Waals surface area contributed by atoms with Gasteiger partial charge in [-0.25, -0.2) is 0 Å². The predicted molar refractivity (Wildman–Crippen MR) is 75.5 cm³/mol. The minimum absolute atomic E-state index is 0.297. The molecular formula is C16H20O2. The summed E-state index contributed by atoms with van der Waals surface area (Å²) in [7, 11) is 0. The summed E-state index contributed by atoms with van der Waals surface area (Å²) in [5.41, 5.74) is 4.86. The second kappa shape index (κ2) is 6.20. The summed E-state index contributed by atoms with van der Waals surface area (Å²) in [5.74, 6) is 0.283. The average Bonchev–Trinajstić information content (AvgIpc) is 2.26. The number of ether oxygens (including phenoxy) is 1. The molecule has 0 unspecified atom stereocenters. The first-order chi connectivity index (χ1) is 8.40. The first-order valence-corrected chi connectivity index (χ1v) is 6.01. The van der Waals surface area contributed by atoms with E-state index in [1.54, 1.807) is 0 Å². The van der Waals surface area contributed by atoms with Gasteiger partial charge < -0.3 is 4.74 Å². The molecule has 0 N–H and O–H groups in total. The van der Waals surface area contributed by atoms with Crippen LogP contribution in [0.3, 0.4) is 0 Å². The smallest absolute Gasteiger partial charge is 0.308 e. The van der Waals surface area contributed by atoms with E-state index in [1.165, 1.54) is 23.6 Å². The Morgan fingerprint density at radius 1 is 1.00 bits per heavy atom. The van der Waals surface area contributed by atoms with Crippen LogP contribution in [0.15, 0.2) is 41.5 Å². The van der Waals surface area contributed by atoms with E-state index in [4.69, 9.17) is 4.74 Å². The lowest BCUT2D eigenvalue weighted by atomic mass is 9.99. The lowest BCUT2D eigenvalue weighted by molar-refractivity contribution is -0.131. The summed E-state index contributed by atoms with van der Waals surface area (Å²) in [6.07, 6.45) is 2.16. The highest BCUT2D eigenvalue weighted by Crippen LogP contribution is 2.24. The lowest BCUT2D eigenvalue weighted by Crippen LogP contribution is -2.01. The highest BCUT2D eigenvalue weighted by molar-refractivity contribution is 5.77. The van der Waals surface area contributed by atoms with Crippen LogP contribution in [0.4, 0.5) is 0 Å². The van der Waals surface area contributed by atoms with E-state index < -0.39 is 0 Å². The number of hydrogen-bond acceptors (Lipinski definition) is 2. The van der Waals surface area contributed by atoms with E-state index in [-0.39, 0.29) is 5.97 Å². The largest absolute Gasteiger partial charge is 0.427 e. The molecule has 0 aliphatic carbocycles. The maximum Gasteiger partial charge on any atom is 0.308 e. The first kappa shape index (κ1) is 14.2. The van der Waals surface area contributed by atoms with Crippen molar-refractivity contribution in [3.05, 3.63) is 47.1 Å². The van der Waals surface area contributed by atoms with Gasteiger partial charge in [0.15, 0.2) is 0 Å². The van der Waals surface area contributed by atoms with E-state index in [2.05, 4.69) is 33.8 Å². The number of hydrogen-bond donors (Lipinski definition) is 0. The summed E-state index contributed by atoms with van der Waals surface area (Å²) < 4.78 is 5.02. The SMILES string of the molecule is CC(=O)Oc1ccc(C(C=C(C)C)=C(C)C)cc1. The summed E-state index contributed by atoms with van der Waals surface area (Å²) >= 11 is 0. The van der Waals surface area contributed by atoms with E-state index >= 15 is 0 Å². The Morgan fingerprint density at radius 3 is 1.94 bits per heavy atom. The molecule has 0 spiro atoms. The molecule has 18 heavy (non-hydrogen) atoms. The quantitative estimate of drug-likeness (QED) is 0.448. The number of carbonyl (C=O) groups excluding carboxylic acids is 1. The molecule has 1 rings (SSSR count). The molecule has 2 heteroatoms. The van der Waals surface area contributed by atoms with Crippen molar-refractivity contribution in [3.8, 4) is 5.75 Å². The van der Waals surface area contributed by atoms with Crippen LogP contribution in [0.1, 0.15) is 40.2 Å². The summed E-state index contributed by atoms with van der Waals surface area (Å²) in [6.45, 7) is 9.74. The molecule has 0 atom stereocenters. The van der Waals surface area contributed by atoms with E-state index in [0.29, 0.717) is 5.75 Å². The average molecular weight is 244 g/mol. The van der Waals surface area contributed by atoms with Crippen LogP contribution in [0.25, 0.3) is 5.57 Å². The second-order valence-electron chi connectivity index (χ2n) is 4.75. The zero-order valence-corrected chi connectivity index (χ0v) is 11.7. The number of benzene rings is 1. The second-order valence-corrected chi connectivity index (χ2v) is 4.75. The van der Waals surface area contributed by atoms with Gasteiger partial charge in [0.1, 0.15) is 5.75 Å². The molecule has 0 heterocycles. The van der Waals surface area contributed by atoms with Crippen LogP contribution in [0.5, 0.6) is 5.75 Å². The molecule has 0 aliphatic rings. The van der Waals surface area contributed by atoms with Crippen LogP contribution in [0, 0.1) is 0 Å². The van der Waals surface area contributed by atoms with Crippen molar-refractivity contribution in [1.82, 2.24) is 0 Å². The Kier molecular flexibility index (Phi) is 4.90. The van der Waals surface area contributed by atoms with Crippen molar-refractivity contribution in [2.75, 3.05) is 0 Å². The Balaban J connectivity index is 3.06. The minimum Gasteiger partial charge on any atom is -0.427 e. The number of esters is 1. The molecular weight excluding hydrogens is 224 g/mol. The van der Waals surface area contributed by atoms with Crippen LogP contribution < -0.4 is 4.74 Å². The van der Waals surface area contributed by atoms with Crippen LogP contribution in [-0.4, -0.2) is 5.97 Å². The molecule has 2 nitrogen and oxygen atoms in total. The van der Waals surface area contributed by atoms with Crippen molar-refractivity contribution in [3.63, 3.8) is 0 Å². The fourth-order valence-electron chi connectivity index (χ4n) is 1.67. The minimum atomic E-state index is -0.297. The maximum atomic E-state index is 10.8. The third-order valence-corrected chi connectivity index (χ3v) is 2.40. The molecule has 1 aromatic rings. The van der Waals surface area contributed by atoms with E-state index in [9.17, 15) is 4.79 Å². The fourth-order valence-corrected chi connectivity index (χ4v) is 1.67. The third kappa shape index (κ3) is 4.21. The summed E-state index contributed by atoms with van der Waals surface area (Å²) in [5, 5.41) is 0. The van der Waals surface area contributed by atoms with E-state index in [1.807, 2.05) is 24.3 Å². The monoisotopic (exact) mass is 244 g/mol. The normalized spacial score (nSPS) is 9.61. The van der Waals surface area contributed by atoms with Gasteiger partial charge in [-0.1, -0.05) is 29.4 Å². The first-order valence-electron chi connectivity index (χ1n) is 6.01. The van der Waals surface area contributed by atoms with Crippen molar-refractivity contribution in [2.45, 2.75) is 34.6 Å².